The van der Waals surface area contributed by atoms with E-state index in [2.05, 4.69) is 29.1 Å². The van der Waals surface area contributed by atoms with Gasteiger partial charge in [0.05, 0.1) is 37.3 Å². The van der Waals surface area contributed by atoms with E-state index in [1.807, 2.05) is 51.1 Å². The standard InChI is InChI=1S/C33H36N4O5/c1-20(2)42-32-28(33(38)39)15-34-37(32)30-10-6-9-29(35-30)27-8-5-7-21(3)31(27)41-17-24-12-11-23-16-36(25-18-40-19-25)14-13-26(23)22(24)4/h5-12,15,20,25H,13-14,16-19H2,1-4H3,(H,38,39). The first-order valence-corrected chi connectivity index (χ1v) is 14.4. The van der Waals surface area contributed by atoms with E-state index in [-0.39, 0.29) is 17.5 Å². The third kappa shape index (κ3) is 5.37. The summed E-state index contributed by atoms with van der Waals surface area (Å²) in [7, 11) is 0. The normalized spacial score (nSPS) is 15.4. The number of aromatic carboxylic acids is 1. The van der Waals surface area contributed by atoms with Crippen LogP contribution in [-0.4, -0.2) is 62.6 Å². The molecule has 4 aromatic rings. The Balaban J connectivity index is 1.27. The Labute approximate surface area is 245 Å². The van der Waals surface area contributed by atoms with Crippen molar-refractivity contribution < 1.29 is 24.1 Å². The van der Waals surface area contributed by atoms with Gasteiger partial charge in [-0.3, -0.25) is 4.90 Å². The van der Waals surface area contributed by atoms with Crippen LogP contribution in [0, 0.1) is 13.8 Å². The first-order valence-electron chi connectivity index (χ1n) is 14.4. The Hall–Kier alpha value is -4.21. The summed E-state index contributed by atoms with van der Waals surface area (Å²) in [6, 6.07) is 16.6. The zero-order valence-electron chi connectivity index (χ0n) is 24.5. The molecule has 1 saturated heterocycles. The number of nitrogens with zero attached hydrogens (tertiary/aromatic N) is 4. The highest BCUT2D eigenvalue weighted by Crippen LogP contribution is 2.35. The highest BCUT2D eigenvalue weighted by atomic mass is 16.5. The highest BCUT2D eigenvalue weighted by molar-refractivity contribution is 5.90. The smallest absolute Gasteiger partial charge is 0.342 e. The van der Waals surface area contributed by atoms with Gasteiger partial charge < -0.3 is 19.3 Å². The zero-order valence-corrected chi connectivity index (χ0v) is 24.5. The summed E-state index contributed by atoms with van der Waals surface area (Å²) in [5, 5.41) is 13.9. The van der Waals surface area contributed by atoms with Crippen LogP contribution in [0.3, 0.4) is 0 Å². The lowest BCUT2D eigenvalue weighted by Gasteiger charge is -2.40. The summed E-state index contributed by atoms with van der Waals surface area (Å²) < 4.78 is 19.2. The fourth-order valence-electron chi connectivity index (χ4n) is 5.68. The molecule has 0 radical (unpaired) electrons. The molecule has 0 aliphatic carbocycles. The molecule has 9 nitrogen and oxygen atoms in total. The Kier molecular flexibility index (Phi) is 7.70. The van der Waals surface area contributed by atoms with Crippen molar-refractivity contribution >= 4 is 5.97 Å². The van der Waals surface area contributed by atoms with E-state index in [0.29, 0.717) is 24.2 Å². The van der Waals surface area contributed by atoms with Crippen LogP contribution in [0.1, 0.15) is 52.0 Å². The van der Waals surface area contributed by atoms with E-state index >= 15 is 0 Å². The summed E-state index contributed by atoms with van der Waals surface area (Å²) in [5.74, 6) is 0.261. The van der Waals surface area contributed by atoms with Crippen molar-refractivity contribution in [2.45, 2.75) is 59.4 Å². The molecular weight excluding hydrogens is 532 g/mol. The molecule has 1 fully saturated rings. The molecule has 218 valence electrons. The molecule has 0 amide bonds. The maximum atomic E-state index is 11.8. The number of aromatic nitrogens is 3. The summed E-state index contributed by atoms with van der Waals surface area (Å²) in [6.07, 6.45) is 2.09. The van der Waals surface area contributed by atoms with Crippen LogP contribution in [0.15, 0.2) is 54.7 Å². The lowest BCUT2D eigenvalue weighted by atomic mass is 9.91. The van der Waals surface area contributed by atoms with Crippen LogP contribution < -0.4 is 9.47 Å². The van der Waals surface area contributed by atoms with E-state index in [0.717, 1.165) is 49.6 Å². The minimum Gasteiger partial charge on any atom is -0.488 e. The lowest BCUT2D eigenvalue weighted by Crippen LogP contribution is -2.50. The number of carbonyl (C=O) groups is 1. The van der Waals surface area contributed by atoms with Gasteiger partial charge in [-0.05, 0) is 80.1 Å². The average molecular weight is 569 g/mol. The third-order valence-corrected chi connectivity index (χ3v) is 8.08. The fraction of sp³-hybridized carbons (Fsp3) is 0.364. The summed E-state index contributed by atoms with van der Waals surface area (Å²) in [5.41, 5.74) is 7.85. The molecule has 0 unspecified atom stereocenters. The molecule has 42 heavy (non-hydrogen) atoms. The number of carboxylic acid groups (broad SMARTS) is 1. The van der Waals surface area contributed by atoms with Crippen LogP contribution in [0.2, 0.25) is 0 Å². The van der Waals surface area contributed by atoms with Crippen LogP contribution in [0.25, 0.3) is 17.1 Å². The molecule has 9 heteroatoms. The topological polar surface area (TPSA) is 98.9 Å². The number of benzene rings is 2. The van der Waals surface area contributed by atoms with E-state index in [1.165, 1.54) is 33.1 Å². The second-order valence-electron chi connectivity index (χ2n) is 11.3. The minimum atomic E-state index is -1.11. The summed E-state index contributed by atoms with van der Waals surface area (Å²) >= 11 is 0. The van der Waals surface area contributed by atoms with Crippen LogP contribution in [-0.2, 0) is 24.3 Å². The van der Waals surface area contributed by atoms with Crippen molar-refractivity contribution in [1.82, 2.24) is 19.7 Å². The number of fused-ring (bicyclic) bond motifs is 1. The molecule has 6 rings (SSSR count). The molecular formula is C33H36N4O5. The van der Waals surface area contributed by atoms with Gasteiger partial charge in [0.25, 0.3) is 0 Å². The number of carboxylic acids is 1. The van der Waals surface area contributed by atoms with Gasteiger partial charge in [-0.1, -0.05) is 30.3 Å². The van der Waals surface area contributed by atoms with Crippen LogP contribution in [0.5, 0.6) is 11.6 Å². The average Bonchev–Trinajstić information content (AvgIpc) is 3.35. The van der Waals surface area contributed by atoms with Crippen molar-refractivity contribution in [3.63, 3.8) is 0 Å². The van der Waals surface area contributed by atoms with Crippen molar-refractivity contribution in [3.05, 3.63) is 88.1 Å². The summed E-state index contributed by atoms with van der Waals surface area (Å²) in [4.78, 5) is 19.2. The number of ether oxygens (including phenoxy) is 3. The van der Waals surface area contributed by atoms with Gasteiger partial charge in [0.1, 0.15) is 17.9 Å². The Morgan fingerprint density at radius 1 is 1.12 bits per heavy atom. The van der Waals surface area contributed by atoms with E-state index in [1.54, 1.807) is 6.07 Å². The molecule has 0 saturated carbocycles. The maximum absolute atomic E-state index is 11.8. The first kappa shape index (κ1) is 27.9. The molecule has 0 atom stereocenters. The Morgan fingerprint density at radius 3 is 2.67 bits per heavy atom. The van der Waals surface area contributed by atoms with Gasteiger partial charge in [0.2, 0.25) is 5.88 Å². The molecule has 1 N–H and O–H groups in total. The lowest BCUT2D eigenvalue weighted by molar-refractivity contribution is -0.0695. The number of para-hydroxylation sites is 1. The Bertz CT molecular complexity index is 1620. The fourth-order valence-corrected chi connectivity index (χ4v) is 5.68. The number of hydrogen-bond donors (Lipinski definition) is 1. The minimum absolute atomic E-state index is 0.0133. The van der Waals surface area contributed by atoms with Gasteiger partial charge in [-0.2, -0.15) is 9.78 Å². The predicted octanol–water partition coefficient (Wildman–Crippen LogP) is 5.37. The van der Waals surface area contributed by atoms with Gasteiger partial charge in [0.15, 0.2) is 5.82 Å². The molecule has 0 bridgehead atoms. The maximum Gasteiger partial charge on any atom is 0.342 e. The van der Waals surface area contributed by atoms with Gasteiger partial charge in [0, 0.05) is 18.7 Å². The van der Waals surface area contributed by atoms with Gasteiger partial charge in [-0.15, -0.1) is 0 Å². The van der Waals surface area contributed by atoms with E-state index in [4.69, 9.17) is 19.2 Å². The first-order chi connectivity index (χ1) is 20.3. The van der Waals surface area contributed by atoms with Crippen molar-refractivity contribution in [3.8, 4) is 28.7 Å². The number of aryl methyl sites for hydroxylation is 1. The van der Waals surface area contributed by atoms with E-state index in [9.17, 15) is 9.90 Å². The molecule has 2 aromatic heterocycles. The molecule has 4 heterocycles. The van der Waals surface area contributed by atoms with E-state index < -0.39 is 5.97 Å². The quantitative estimate of drug-likeness (QED) is 0.288. The molecule has 2 aliphatic heterocycles. The van der Waals surface area contributed by atoms with Gasteiger partial charge in [-0.25, -0.2) is 9.78 Å². The predicted molar refractivity (Wildman–Crippen MR) is 158 cm³/mol. The third-order valence-electron chi connectivity index (χ3n) is 8.08. The zero-order chi connectivity index (χ0) is 29.4. The van der Waals surface area contributed by atoms with Gasteiger partial charge >= 0.3 is 5.97 Å². The van der Waals surface area contributed by atoms with Crippen molar-refractivity contribution in [2.75, 3.05) is 19.8 Å². The monoisotopic (exact) mass is 568 g/mol. The van der Waals surface area contributed by atoms with Crippen molar-refractivity contribution in [1.29, 1.82) is 0 Å². The molecule has 0 spiro atoms. The SMILES string of the molecule is Cc1cccc(-c2cccc(-n3ncc(C(=O)O)c3OC(C)C)n2)c1OCc1ccc2c(c1C)CCN(C1COC1)C2. The molecule has 2 aliphatic rings. The highest BCUT2D eigenvalue weighted by Gasteiger charge is 2.29. The number of hydrogen-bond acceptors (Lipinski definition) is 7. The Morgan fingerprint density at radius 2 is 1.93 bits per heavy atom. The largest absolute Gasteiger partial charge is 0.488 e. The molecule has 2 aromatic carbocycles. The second kappa shape index (κ2) is 11.6. The van der Waals surface area contributed by atoms with Crippen LogP contribution in [0.4, 0.5) is 0 Å². The van der Waals surface area contributed by atoms with Crippen LogP contribution >= 0.6 is 0 Å². The second-order valence-corrected chi connectivity index (χ2v) is 11.3. The van der Waals surface area contributed by atoms with Crippen molar-refractivity contribution in [2.24, 2.45) is 0 Å². The number of pyridine rings is 1. The summed E-state index contributed by atoms with van der Waals surface area (Å²) in [6.45, 7) is 12.1. The number of rotatable bonds is 9.